The highest BCUT2D eigenvalue weighted by molar-refractivity contribution is 5.84. The first-order chi connectivity index (χ1) is 8.38. The third-order valence-corrected chi connectivity index (χ3v) is 2.43. The van der Waals surface area contributed by atoms with Crippen molar-refractivity contribution in [3.8, 4) is 0 Å². The highest BCUT2D eigenvalue weighted by Gasteiger charge is 2.22. The lowest BCUT2D eigenvalue weighted by atomic mass is 10.0. The minimum atomic E-state index is -1.04. The van der Waals surface area contributed by atoms with Gasteiger partial charge in [-0.15, -0.1) is 0 Å². The van der Waals surface area contributed by atoms with E-state index >= 15 is 0 Å². The van der Waals surface area contributed by atoms with Crippen LogP contribution in [0.3, 0.4) is 0 Å². The summed E-state index contributed by atoms with van der Waals surface area (Å²) in [5.74, 6) is -1.64. The number of hydrogen-bond acceptors (Lipinski definition) is 3. The molecular weight excluding hydrogens is 236 g/mol. The molecule has 2 amide bonds. The largest absolute Gasteiger partial charge is 0.480 e. The number of amides is 2. The molecule has 0 fully saturated rings. The van der Waals surface area contributed by atoms with Crippen molar-refractivity contribution in [3.63, 3.8) is 0 Å². The quantitative estimate of drug-likeness (QED) is 0.591. The lowest BCUT2D eigenvalue weighted by molar-refractivity contribution is -0.143. The summed E-state index contributed by atoms with van der Waals surface area (Å²) in [5, 5.41) is 14.0. The monoisotopic (exact) mass is 258 g/mol. The Hall–Kier alpha value is -1.59. The third-order valence-electron chi connectivity index (χ3n) is 2.43. The van der Waals surface area contributed by atoms with Gasteiger partial charge in [0.25, 0.3) is 0 Å². The minimum absolute atomic E-state index is 0.0936. The second-order valence-electron chi connectivity index (χ2n) is 4.43. The van der Waals surface area contributed by atoms with Crippen molar-refractivity contribution in [2.45, 2.75) is 46.1 Å². The van der Waals surface area contributed by atoms with Gasteiger partial charge in [-0.05, 0) is 19.3 Å². The fourth-order valence-electron chi connectivity index (χ4n) is 1.45. The Labute approximate surface area is 107 Å². The second kappa shape index (κ2) is 8.49. The molecule has 1 atom stereocenters. The van der Waals surface area contributed by atoms with E-state index in [4.69, 9.17) is 5.11 Å². The Morgan fingerprint density at radius 3 is 2.11 bits per heavy atom. The van der Waals surface area contributed by atoms with Gasteiger partial charge < -0.3 is 15.7 Å². The van der Waals surface area contributed by atoms with Crippen molar-refractivity contribution in [1.29, 1.82) is 0 Å². The summed E-state index contributed by atoms with van der Waals surface area (Å²) >= 11 is 0. The van der Waals surface area contributed by atoms with Crippen molar-refractivity contribution in [2.75, 3.05) is 6.54 Å². The van der Waals surface area contributed by atoms with Crippen molar-refractivity contribution in [1.82, 2.24) is 10.6 Å². The van der Waals surface area contributed by atoms with Gasteiger partial charge in [-0.3, -0.25) is 9.59 Å². The Morgan fingerprint density at radius 1 is 1.11 bits per heavy atom. The molecule has 0 saturated carbocycles. The predicted molar refractivity (Wildman–Crippen MR) is 66.9 cm³/mol. The van der Waals surface area contributed by atoms with Crippen LogP contribution in [0.2, 0.25) is 0 Å². The molecule has 3 N–H and O–H groups in total. The van der Waals surface area contributed by atoms with E-state index in [1.807, 2.05) is 6.92 Å². The van der Waals surface area contributed by atoms with Crippen LogP contribution in [-0.2, 0) is 14.4 Å². The molecule has 6 nitrogen and oxygen atoms in total. The molecule has 0 saturated heterocycles. The number of carbonyl (C=O) groups is 3. The van der Waals surface area contributed by atoms with E-state index in [0.29, 0.717) is 13.0 Å². The SMILES string of the molecule is CCNC(=O)CCCC(=O)NC(C(=O)O)C(C)C. The van der Waals surface area contributed by atoms with Crippen LogP contribution < -0.4 is 10.6 Å². The lowest BCUT2D eigenvalue weighted by Gasteiger charge is -2.17. The molecule has 0 spiro atoms. The molecule has 0 aliphatic carbocycles. The van der Waals surface area contributed by atoms with Crippen LogP contribution in [0.25, 0.3) is 0 Å². The molecule has 1 unspecified atom stereocenters. The van der Waals surface area contributed by atoms with Crippen LogP contribution in [0.15, 0.2) is 0 Å². The summed E-state index contributed by atoms with van der Waals surface area (Å²) in [5.41, 5.74) is 0. The Morgan fingerprint density at radius 2 is 1.67 bits per heavy atom. The summed E-state index contributed by atoms with van der Waals surface area (Å²) < 4.78 is 0. The van der Waals surface area contributed by atoms with Gasteiger partial charge in [0.2, 0.25) is 11.8 Å². The number of hydrogen-bond donors (Lipinski definition) is 3. The van der Waals surface area contributed by atoms with Gasteiger partial charge in [0.1, 0.15) is 6.04 Å². The molecular formula is C12H22N2O4. The molecule has 18 heavy (non-hydrogen) atoms. The van der Waals surface area contributed by atoms with Crippen LogP contribution in [0, 0.1) is 5.92 Å². The first kappa shape index (κ1) is 16.4. The lowest BCUT2D eigenvalue weighted by Crippen LogP contribution is -2.44. The molecule has 0 rings (SSSR count). The Balaban J connectivity index is 3.96. The molecule has 0 aromatic carbocycles. The van der Waals surface area contributed by atoms with Gasteiger partial charge in [-0.25, -0.2) is 4.79 Å². The van der Waals surface area contributed by atoms with Crippen LogP contribution in [0.5, 0.6) is 0 Å². The van der Waals surface area contributed by atoms with Gasteiger partial charge in [-0.1, -0.05) is 13.8 Å². The zero-order chi connectivity index (χ0) is 14.1. The topological polar surface area (TPSA) is 95.5 Å². The smallest absolute Gasteiger partial charge is 0.326 e. The van der Waals surface area contributed by atoms with Crippen LogP contribution in [-0.4, -0.2) is 35.5 Å². The van der Waals surface area contributed by atoms with Gasteiger partial charge in [0.15, 0.2) is 0 Å². The van der Waals surface area contributed by atoms with E-state index in [0.717, 1.165) is 0 Å². The number of carbonyl (C=O) groups excluding carboxylic acids is 2. The minimum Gasteiger partial charge on any atom is -0.480 e. The van der Waals surface area contributed by atoms with Crippen LogP contribution >= 0.6 is 0 Å². The van der Waals surface area contributed by atoms with Crippen molar-refractivity contribution in [2.24, 2.45) is 5.92 Å². The van der Waals surface area contributed by atoms with Gasteiger partial charge >= 0.3 is 5.97 Å². The van der Waals surface area contributed by atoms with Gasteiger partial charge in [-0.2, -0.15) is 0 Å². The van der Waals surface area contributed by atoms with E-state index in [1.54, 1.807) is 13.8 Å². The van der Waals surface area contributed by atoms with Crippen molar-refractivity contribution in [3.05, 3.63) is 0 Å². The fraction of sp³-hybridized carbons (Fsp3) is 0.750. The third kappa shape index (κ3) is 6.88. The zero-order valence-electron chi connectivity index (χ0n) is 11.2. The summed E-state index contributed by atoms with van der Waals surface area (Å²) in [4.78, 5) is 33.5. The van der Waals surface area contributed by atoms with Gasteiger partial charge in [0.05, 0.1) is 0 Å². The Kier molecular flexibility index (Phi) is 7.74. The molecule has 0 aliphatic heterocycles. The molecule has 0 bridgehead atoms. The summed E-state index contributed by atoms with van der Waals surface area (Å²) in [7, 11) is 0. The highest BCUT2D eigenvalue weighted by atomic mass is 16.4. The molecule has 0 aliphatic rings. The van der Waals surface area contributed by atoms with E-state index in [9.17, 15) is 14.4 Å². The second-order valence-corrected chi connectivity index (χ2v) is 4.43. The summed E-state index contributed by atoms with van der Waals surface area (Å²) in [6.45, 7) is 5.85. The number of rotatable bonds is 8. The van der Waals surface area contributed by atoms with Crippen molar-refractivity contribution >= 4 is 17.8 Å². The molecule has 0 aromatic heterocycles. The molecule has 0 aromatic rings. The number of carboxylic acids is 1. The first-order valence-corrected chi connectivity index (χ1v) is 6.17. The van der Waals surface area contributed by atoms with Crippen molar-refractivity contribution < 1.29 is 19.5 Å². The van der Waals surface area contributed by atoms with E-state index < -0.39 is 12.0 Å². The first-order valence-electron chi connectivity index (χ1n) is 6.17. The zero-order valence-corrected chi connectivity index (χ0v) is 11.2. The fourth-order valence-corrected chi connectivity index (χ4v) is 1.45. The summed E-state index contributed by atoms with van der Waals surface area (Å²) in [6.07, 6.45) is 0.858. The molecule has 0 radical (unpaired) electrons. The standard InChI is InChI=1S/C12H22N2O4/c1-4-13-9(15)6-5-7-10(16)14-11(8(2)3)12(17)18/h8,11H,4-7H2,1-3H3,(H,13,15)(H,14,16)(H,17,18). The van der Waals surface area contributed by atoms with Gasteiger partial charge in [0, 0.05) is 19.4 Å². The number of nitrogens with one attached hydrogen (secondary N) is 2. The maximum absolute atomic E-state index is 11.5. The Bertz CT molecular complexity index is 302. The highest BCUT2D eigenvalue weighted by Crippen LogP contribution is 2.03. The molecule has 104 valence electrons. The van der Waals surface area contributed by atoms with Crippen LogP contribution in [0.4, 0.5) is 0 Å². The summed E-state index contributed by atoms with van der Waals surface area (Å²) in [6, 6.07) is -0.873. The maximum atomic E-state index is 11.5. The average Bonchev–Trinajstić information content (AvgIpc) is 2.25. The van der Waals surface area contributed by atoms with E-state index in [2.05, 4.69) is 10.6 Å². The van der Waals surface area contributed by atoms with E-state index in [-0.39, 0.29) is 30.6 Å². The molecule has 6 heteroatoms. The van der Waals surface area contributed by atoms with E-state index in [1.165, 1.54) is 0 Å². The average molecular weight is 258 g/mol. The number of carboxylic acid groups (broad SMARTS) is 1. The predicted octanol–water partition coefficient (Wildman–Crippen LogP) is 0.518. The normalized spacial score (nSPS) is 12.0. The maximum Gasteiger partial charge on any atom is 0.326 e. The molecule has 0 heterocycles. The number of aliphatic carboxylic acids is 1. The van der Waals surface area contributed by atoms with Crippen LogP contribution in [0.1, 0.15) is 40.0 Å².